The van der Waals surface area contributed by atoms with Crippen LogP contribution in [0.25, 0.3) is 0 Å². The van der Waals surface area contributed by atoms with Crippen LogP contribution in [0.2, 0.25) is 5.32 Å². The molecule has 0 amide bonds. The van der Waals surface area contributed by atoms with E-state index in [2.05, 4.69) is 35.4 Å². The van der Waals surface area contributed by atoms with Crippen LogP contribution >= 0.6 is 0 Å². The molecule has 0 fully saturated rings. The SMILES string of the molecule is C1=C\C=C/[Se]C\C=C/1. The van der Waals surface area contributed by atoms with Crippen molar-refractivity contribution in [2.45, 2.75) is 5.32 Å². The van der Waals surface area contributed by atoms with E-state index in [0.29, 0.717) is 15.0 Å². The van der Waals surface area contributed by atoms with Gasteiger partial charge in [0.05, 0.1) is 0 Å². The first-order chi connectivity index (χ1) is 4.00. The fourth-order valence-electron chi connectivity index (χ4n) is 0.474. The van der Waals surface area contributed by atoms with Crippen LogP contribution in [-0.4, -0.2) is 15.0 Å². The van der Waals surface area contributed by atoms with Gasteiger partial charge in [-0.1, -0.05) is 0 Å². The Balaban J connectivity index is 2.51. The van der Waals surface area contributed by atoms with Gasteiger partial charge in [0.2, 0.25) is 0 Å². The van der Waals surface area contributed by atoms with Crippen molar-refractivity contribution in [3.8, 4) is 0 Å². The second kappa shape index (κ2) is 3.71. The summed E-state index contributed by atoms with van der Waals surface area (Å²) in [6.45, 7) is 0. The zero-order valence-electron chi connectivity index (χ0n) is 4.58. The van der Waals surface area contributed by atoms with Gasteiger partial charge in [0, 0.05) is 0 Å². The quantitative estimate of drug-likeness (QED) is 0.487. The second-order valence-corrected chi connectivity index (χ2v) is 3.44. The van der Waals surface area contributed by atoms with Crippen LogP contribution in [-0.2, 0) is 0 Å². The van der Waals surface area contributed by atoms with E-state index in [1.807, 2.05) is 0 Å². The molecule has 0 saturated heterocycles. The number of hydrogen-bond acceptors (Lipinski definition) is 0. The molecule has 1 aliphatic rings. The molecule has 0 aromatic rings. The summed E-state index contributed by atoms with van der Waals surface area (Å²) in [5.74, 6) is 0. The first-order valence-corrected chi connectivity index (χ1v) is 4.80. The molecule has 0 spiro atoms. The molecule has 0 aromatic carbocycles. The van der Waals surface area contributed by atoms with E-state index in [0.717, 1.165) is 0 Å². The van der Waals surface area contributed by atoms with Crippen molar-refractivity contribution >= 4 is 15.0 Å². The standard InChI is InChI=1S/C7H8Se/c1-2-4-6-8-7-5-3-1/h1-6H,7H2/b2-1-,5-3-,6-4-. The van der Waals surface area contributed by atoms with Crippen molar-refractivity contribution in [2.24, 2.45) is 0 Å². The minimum atomic E-state index is 0.710. The molecule has 0 bridgehead atoms. The number of rotatable bonds is 0. The monoisotopic (exact) mass is 172 g/mol. The normalized spacial score (nSPS) is 30.0. The van der Waals surface area contributed by atoms with E-state index in [1.54, 1.807) is 0 Å². The molecule has 1 aliphatic heterocycles. The summed E-state index contributed by atoms with van der Waals surface area (Å²) in [5, 5.41) is 1.24. The van der Waals surface area contributed by atoms with Crippen molar-refractivity contribution in [3.05, 3.63) is 35.4 Å². The van der Waals surface area contributed by atoms with Gasteiger partial charge in [-0.3, -0.25) is 0 Å². The summed E-state index contributed by atoms with van der Waals surface area (Å²) in [6, 6.07) is 0. The Morgan fingerprint density at radius 2 is 1.88 bits per heavy atom. The minimum absolute atomic E-state index is 0.710. The summed E-state index contributed by atoms with van der Waals surface area (Å²) < 4.78 is 0. The van der Waals surface area contributed by atoms with Crippen LogP contribution in [0.15, 0.2) is 35.4 Å². The Kier molecular flexibility index (Phi) is 2.72. The van der Waals surface area contributed by atoms with Crippen molar-refractivity contribution < 1.29 is 0 Å². The molecular weight excluding hydrogens is 163 g/mol. The van der Waals surface area contributed by atoms with Crippen LogP contribution in [0.3, 0.4) is 0 Å². The molecule has 0 atom stereocenters. The van der Waals surface area contributed by atoms with E-state index in [4.69, 9.17) is 0 Å². The topological polar surface area (TPSA) is 0 Å². The average Bonchev–Trinajstić information content (AvgIpc) is 1.62. The predicted octanol–water partition coefficient (Wildman–Crippen LogP) is 1.75. The van der Waals surface area contributed by atoms with Gasteiger partial charge in [-0.15, -0.1) is 0 Å². The molecule has 0 aromatic heterocycles. The summed E-state index contributed by atoms with van der Waals surface area (Å²) >= 11 is 0.710. The van der Waals surface area contributed by atoms with Crippen LogP contribution in [0.5, 0.6) is 0 Å². The van der Waals surface area contributed by atoms with Gasteiger partial charge < -0.3 is 0 Å². The molecule has 1 heteroatoms. The summed E-state index contributed by atoms with van der Waals surface area (Å²) in [7, 11) is 0. The third-order valence-corrected chi connectivity index (χ3v) is 2.38. The van der Waals surface area contributed by atoms with Gasteiger partial charge >= 0.3 is 55.6 Å². The Morgan fingerprint density at radius 1 is 1.00 bits per heavy atom. The number of allylic oxidation sites excluding steroid dienone is 5. The summed E-state index contributed by atoms with van der Waals surface area (Å²) in [6.07, 6.45) is 10.6. The zero-order chi connectivity index (χ0) is 5.66. The molecule has 1 rings (SSSR count). The van der Waals surface area contributed by atoms with Crippen molar-refractivity contribution in [1.82, 2.24) is 0 Å². The van der Waals surface area contributed by atoms with E-state index in [1.165, 1.54) is 5.32 Å². The van der Waals surface area contributed by atoms with Crippen LogP contribution in [0.1, 0.15) is 0 Å². The van der Waals surface area contributed by atoms with E-state index in [-0.39, 0.29) is 0 Å². The molecule has 0 N–H and O–H groups in total. The van der Waals surface area contributed by atoms with E-state index in [9.17, 15) is 0 Å². The van der Waals surface area contributed by atoms with Crippen molar-refractivity contribution in [3.63, 3.8) is 0 Å². The van der Waals surface area contributed by atoms with Gasteiger partial charge in [0.25, 0.3) is 0 Å². The molecule has 42 valence electrons. The molecule has 0 nitrogen and oxygen atoms in total. The predicted molar refractivity (Wildman–Crippen MR) is 38.0 cm³/mol. The molecule has 0 saturated carbocycles. The molecule has 1 heterocycles. The van der Waals surface area contributed by atoms with Gasteiger partial charge in [-0.25, -0.2) is 0 Å². The fraction of sp³-hybridized carbons (Fsp3) is 0.143. The van der Waals surface area contributed by atoms with Gasteiger partial charge in [0.1, 0.15) is 0 Å². The third-order valence-electron chi connectivity index (χ3n) is 0.837. The molecule has 8 heavy (non-hydrogen) atoms. The van der Waals surface area contributed by atoms with Crippen molar-refractivity contribution in [1.29, 1.82) is 0 Å². The van der Waals surface area contributed by atoms with Gasteiger partial charge in [-0.2, -0.15) is 0 Å². The molecule has 0 aliphatic carbocycles. The van der Waals surface area contributed by atoms with Gasteiger partial charge in [0.15, 0.2) is 0 Å². The fourth-order valence-corrected chi connectivity index (χ4v) is 1.60. The first-order valence-electron chi connectivity index (χ1n) is 2.60. The number of hydrogen-bond donors (Lipinski definition) is 0. The van der Waals surface area contributed by atoms with Crippen LogP contribution in [0, 0.1) is 0 Å². The van der Waals surface area contributed by atoms with Crippen LogP contribution < -0.4 is 0 Å². The molecular formula is C7H8Se. The Morgan fingerprint density at radius 3 is 2.88 bits per heavy atom. The molecule has 0 unspecified atom stereocenters. The average molecular weight is 171 g/mol. The van der Waals surface area contributed by atoms with E-state index >= 15 is 0 Å². The first kappa shape index (κ1) is 5.87. The van der Waals surface area contributed by atoms with E-state index < -0.39 is 0 Å². The summed E-state index contributed by atoms with van der Waals surface area (Å²) in [5.41, 5.74) is 0. The summed E-state index contributed by atoms with van der Waals surface area (Å²) in [4.78, 5) is 2.24. The van der Waals surface area contributed by atoms with Crippen molar-refractivity contribution in [2.75, 3.05) is 0 Å². The Hall–Kier alpha value is -0.261. The third kappa shape index (κ3) is 2.15. The zero-order valence-corrected chi connectivity index (χ0v) is 6.29. The second-order valence-electron chi connectivity index (χ2n) is 1.47. The molecule has 0 radical (unpaired) electrons. The maximum absolute atomic E-state index is 2.24. The van der Waals surface area contributed by atoms with Gasteiger partial charge in [-0.05, 0) is 0 Å². The maximum atomic E-state index is 2.24. The Bertz CT molecular complexity index is 115. The van der Waals surface area contributed by atoms with Crippen LogP contribution in [0.4, 0.5) is 0 Å². The Labute approximate surface area is 56.1 Å².